The Kier molecular flexibility index (Phi) is 4.85. The van der Waals surface area contributed by atoms with Gasteiger partial charge in [-0.05, 0) is 49.7 Å². The van der Waals surface area contributed by atoms with E-state index in [-0.39, 0.29) is 5.91 Å². The van der Waals surface area contributed by atoms with Crippen molar-refractivity contribution in [1.82, 2.24) is 5.32 Å². The van der Waals surface area contributed by atoms with E-state index in [4.69, 9.17) is 5.73 Å². The predicted molar refractivity (Wildman–Crippen MR) is 91.0 cm³/mol. The Labute approximate surface area is 132 Å². The molecule has 110 valence electrons. The lowest BCUT2D eigenvalue weighted by Gasteiger charge is -2.12. The molecule has 0 spiro atoms. The van der Waals surface area contributed by atoms with Gasteiger partial charge in [0.05, 0.1) is 11.4 Å². The van der Waals surface area contributed by atoms with Crippen molar-refractivity contribution >= 4 is 38.9 Å². The molecule has 0 fully saturated rings. The van der Waals surface area contributed by atoms with Crippen molar-refractivity contribution < 1.29 is 4.79 Å². The molecule has 2 aromatic rings. The van der Waals surface area contributed by atoms with Crippen molar-refractivity contribution in [3.8, 4) is 0 Å². The molecule has 0 saturated carbocycles. The Morgan fingerprint density at radius 3 is 2.62 bits per heavy atom. The second kappa shape index (κ2) is 6.63. The lowest BCUT2D eigenvalue weighted by atomic mass is 10.1. The number of aryl methyl sites for hydroxylation is 1. The first kappa shape index (κ1) is 15.4. The summed E-state index contributed by atoms with van der Waals surface area (Å²) in [6.45, 7) is 4.51. The number of halogens is 1. The second-order valence-electron chi connectivity index (χ2n) is 4.75. The summed E-state index contributed by atoms with van der Waals surface area (Å²) in [5.41, 5.74) is 9.99. The first-order chi connectivity index (χ1) is 10.0. The SMILES string of the molecule is CCNC(=O)c1ccc(Nc2ccc(C)c(Br)c2)c(N)c1. The summed E-state index contributed by atoms with van der Waals surface area (Å²) in [7, 11) is 0. The molecule has 1 amide bonds. The molecule has 0 unspecified atom stereocenters. The number of nitrogens with two attached hydrogens (primary N) is 1. The van der Waals surface area contributed by atoms with Crippen LogP contribution in [-0.2, 0) is 0 Å². The zero-order valence-electron chi connectivity index (χ0n) is 12.0. The second-order valence-corrected chi connectivity index (χ2v) is 5.60. The van der Waals surface area contributed by atoms with E-state index in [1.165, 1.54) is 5.56 Å². The molecule has 0 aromatic heterocycles. The molecule has 21 heavy (non-hydrogen) atoms. The number of benzene rings is 2. The van der Waals surface area contributed by atoms with Crippen molar-refractivity contribution in [2.45, 2.75) is 13.8 Å². The standard InChI is InChI=1S/C16H18BrN3O/c1-3-19-16(21)11-5-7-15(14(18)8-11)20-12-6-4-10(2)13(17)9-12/h4-9,20H,3,18H2,1-2H3,(H,19,21). The quantitative estimate of drug-likeness (QED) is 0.736. The molecule has 0 heterocycles. The van der Waals surface area contributed by atoms with E-state index in [1.807, 2.05) is 38.1 Å². The van der Waals surface area contributed by atoms with Crippen LogP contribution in [0.3, 0.4) is 0 Å². The first-order valence-corrected chi connectivity index (χ1v) is 7.51. The molecule has 5 heteroatoms. The molecule has 0 bridgehead atoms. The third-order valence-electron chi connectivity index (χ3n) is 3.10. The van der Waals surface area contributed by atoms with Gasteiger partial charge in [-0.25, -0.2) is 0 Å². The highest BCUT2D eigenvalue weighted by molar-refractivity contribution is 9.10. The molecule has 0 saturated heterocycles. The van der Waals surface area contributed by atoms with Crippen LogP contribution < -0.4 is 16.4 Å². The first-order valence-electron chi connectivity index (χ1n) is 6.72. The summed E-state index contributed by atoms with van der Waals surface area (Å²) in [5.74, 6) is -0.117. The van der Waals surface area contributed by atoms with Crippen LogP contribution in [0.2, 0.25) is 0 Å². The van der Waals surface area contributed by atoms with Gasteiger partial charge >= 0.3 is 0 Å². The van der Waals surface area contributed by atoms with E-state index in [0.29, 0.717) is 17.8 Å². The number of amides is 1. The van der Waals surface area contributed by atoms with Crippen molar-refractivity contribution in [2.75, 3.05) is 17.6 Å². The van der Waals surface area contributed by atoms with E-state index in [9.17, 15) is 4.79 Å². The van der Waals surface area contributed by atoms with Crippen LogP contribution in [0.5, 0.6) is 0 Å². The highest BCUT2D eigenvalue weighted by Gasteiger charge is 2.07. The Morgan fingerprint density at radius 1 is 1.24 bits per heavy atom. The van der Waals surface area contributed by atoms with Crippen LogP contribution >= 0.6 is 15.9 Å². The minimum Gasteiger partial charge on any atom is -0.397 e. The molecule has 0 aliphatic rings. The van der Waals surface area contributed by atoms with Gasteiger partial charge in [0, 0.05) is 22.3 Å². The van der Waals surface area contributed by atoms with E-state index in [0.717, 1.165) is 15.8 Å². The van der Waals surface area contributed by atoms with E-state index < -0.39 is 0 Å². The third kappa shape index (κ3) is 3.76. The summed E-state index contributed by atoms with van der Waals surface area (Å²) in [6.07, 6.45) is 0. The number of carbonyl (C=O) groups excluding carboxylic acids is 1. The molecule has 2 rings (SSSR count). The minimum absolute atomic E-state index is 0.117. The number of anilines is 3. The third-order valence-corrected chi connectivity index (χ3v) is 3.96. The molecular weight excluding hydrogens is 330 g/mol. The maximum Gasteiger partial charge on any atom is 0.251 e. The highest BCUT2D eigenvalue weighted by atomic mass is 79.9. The summed E-state index contributed by atoms with van der Waals surface area (Å²) in [5, 5.41) is 6.00. The largest absolute Gasteiger partial charge is 0.397 e. The number of nitrogen functional groups attached to an aromatic ring is 1. The molecule has 2 aromatic carbocycles. The van der Waals surface area contributed by atoms with Gasteiger partial charge in [-0.2, -0.15) is 0 Å². The zero-order chi connectivity index (χ0) is 15.4. The van der Waals surface area contributed by atoms with Gasteiger partial charge in [-0.1, -0.05) is 22.0 Å². The van der Waals surface area contributed by atoms with Gasteiger partial charge in [0.2, 0.25) is 0 Å². The van der Waals surface area contributed by atoms with Gasteiger partial charge < -0.3 is 16.4 Å². The van der Waals surface area contributed by atoms with Gasteiger partial charge in [0.15, 0.2) is 0 Å². The Bertz CT molecular complexity index is 671. The Hall–Kier alpha value is -2.01. The number of rotatable bonds is 4. The van der Waals surface area contributed by atoms with Crippen molar-refractivity contribution in [3.63, 3.8) is 0 Å². The molecule has 0 atom stereocenters. The van der Waals surface area contributed by atoms with Crippen molar-refractivity contribution in [3.05, 3.63) is 52.0 Å². The molecular formula is C16H18BrN3O. The monoisotopic (exact) mass is 347 g/mol. The van der Waals surface area contributed by atoms with Crippen LogP contribution in [0.15, 0.2) is 40.9 Å². The summed E-state index contributed by atoms with van der Waals surface area (Å²) < 4.78 is 1.03. The number of hydrogen-bond acceptors (Lipinski definition) is 3. The van der Waals surface area contributed by atoms with Crippen LogP contribution in [-0.4, -0.2) is 12.5 Å². The highest BCUT2D eigenvalue weighted by Crippen LogP contribution is 2.27. The fourth-order valence-electron chi connectivity index (χ4n) is 1.91. The number of nitrogens with one attached hydrogen (secondary N) is 2. The van der Waals surface area contributed by atoms with Crippen LogP contribution in [0, 0.1) is 6.92 Å². The number of carbonyl (C=O) groups is 1. The zero-order valence-corrected chi connectivity index (χ0v) is 13.6. The van der Waals surface area contributed by atoms with E-state index >= 15 is 0 Å². The lowest BCUT2D eigenvalue weighted by molar-refractivity contribution is 0.0956. The fraction of sp³-hybridized carbons (Fsp3) is 0.188. The molecule has 0 radical (unpaired) electrons. The van der Waals surface area contributed by atoms with Gasteiger partial charge in [0.25, 0.3) is 5.91 Å². The lowest BCUT2D eigenvalue weighted by Crippen LogP contribution is -2.22. The summed E-state index contributed by atoms with van der Waals surface area (Å²) in [4.78, 5) is 11.8. The van der Waals surface area contributed by atoms with E-state index in [1.54, 1.807) is 12.1 Å². The average Bonchev–Trinajstić information content (AvgIpc) is 2.45. The average molecular weight is 348 g/mol. The molecule has 4 N–H and O–H groups in total. The van der Waals surface area contributed by atoms with Crippen LogP contribution in [0.25, 0.3) is 0 Å². The van der Waals surface area contributed by atoms with Crippen molar-refractivity contribution in [2.24, 2.45) is 0 Å². The van der Waals surface area contributed by atoms with E-state index in [2.05, 4.69) is 26.6 Å². The molecule has 0 aliphatic heterocycles. The molecule has 0 aliphatic carbocycles. The Morgan fingerprint density at radius 2 is 2.00 bits per heavy atom. The normalized spacial score (nSPS) is 10.2. The fourth-order valence-corrected chi connectivity index (χ4v) is 2.29. The topological polar surface area (TPSA) is 67.2 Å². The number of hydrogen-bond donors (Lipinski definition) is 3. The smallest absolute Gasteiger partial charge is 0.251 e. The van der Waals surface area contributed by atoms with Crippen molar-refractivity contribution in [1.29, 1.82) is 0 Å². The van der Waals surface area contributed by atoms with Gasteiger partial charge in [-0.3, -0.25) is 4.79 Å². The maximum atomic E-state index is 11.8. The maximum absolute atomic E-state index is 11.8. The molecule has 4 nitrogen and oxygen atoms in total. The minimum atomic E-state index is -0.117. The predicted octanol–water partition coefficient (Wildman–Crippen LogP) is 3.83. The summed E-state index contributed by atoms with van der Waals surface area (Å²) >= 11 is 3.50. The van der Waals surface area contributed by atoms with Gasteiger partial charge in [-0.15, -0.1) is 0 Å². The summed E-state index contributed by atoms with van der Waals surface area (Å²) in [6, 6.07) is 11.2. The van der Waals surface area contributed by atoms with Gasteiger partial charge in [0.1, 0.15) is 0 Å². The van der Waals surface area contributed by atoms with Crippen LogP contribution in [0.4, 0.5) is 17.1 Å². The Balaban J connectivity index is 2.21. The van der Waals surface area contributed by atoms with Crippen LogP contribution in [0.1, 0.15) is 22.8 Å².